The lowest BCUT2D eigenvalue weighted by molar-refractivity contribution is -0.246. The highest BCUT2D eigenvalue weighted by Crippen LogP contribution is 2.29. The fourth-order valence-corrected chi connectivity index (χ4v) is 2.78. The molecule has 1 aliphatic heterocycles. The highest BCUT2D eigenvalue weighted by Gasteiger charge is 2.48. The summed E-state index contributed by atoms with van der Waals surface area (Å²) in [5, 5.41) is 3.23. The van der Waals surface area contributed by atoms with Gasteiger partial charge in [0.25, 0.3) is 0 Å². The second kappa shape index (κ2) is 7.40. The molecule has 8 heteroatoms. The number of urea groups is 1. The summed E-state index contributed by atoms with van der Waals surface area (Å²) in [6.07, 6.45) is -5.94. The number of hydrogen-bond acceptors (Lipinski definition) is 2. The van der Waals surface area contributed by atoms with Gasteiger partial charge in [-0.2, -0.15) is 13.2 Å². The van der Waals surface area contributed by atoms with Crippen LogP contribution in [0.1, 0.15) is 12.5 Å². The lowest BCUT2D eigenvalue weighted by atomic mass is 10.1. The Hall–Kier alpha value is -1.47. The van der Waals surface area contributed by atoms with E-state index in [1.807, 2.05) is 12.1 Å². The summed E-state index contributed by atoms with van der Waals surface area (Å²) in [5.74, 6) is 0. The van der Waals surface area contributed by atoms with Gasteiger partial charge in [0, 0.05) is 18.1 Å². The number of amides is 2. The first-order chi connectivity index (χ1) is 10.8. The number of nitrogens with zero attached hydrogens (tertiary/aromatic N) is 1. The van der Waals surface area contributed by atoms with Crippen LogP contribution < -0.4 is 5.32 Å². The minimum absolute atomic E-state index is 0.131. The molecule has 0 aliphatic carbocycles. The van der Waals surface area contributed by atoms with Crippen LogP contribution in [-0.4, -0.2) is 48.9 Å². The lowest BCUT2D eigenvalue weighted by Gasteiger charge is -2.39. The van der Waals surface area contributed by atoms with E-state index in [2.05, 4.69) is 5.32 Å². The van der Waals surface area contributed by atoms with Gasteiger partial charge in [0.05, 0.1) is 12.6 Å². The molecule has 2 amide bonds. The van der Waals surface area contributed by atoms with Crippen molar-refractivity contribution in [1.29, 1.82) is 0 Å². The van der Waals surface area contributed by atoms with Gasteiger partial charge in [0.2, 0.25) is 0 Å². The maximum Gasteiger partial charge on any atom is 0.416 e. The quantitative estimate of drug-likeness (QED) is 0.909. The Morgan fingerprint density at radius 1 is 1.43 bits per heavy atom. The molecule has 23 heavy (non-hydrogen) atoms. The molecule has 1 aliphatic rings. The van der Waals surface area contributed by atoms with Gasteiger partial charge in [-0.05, 0) is 25.0 Å². The predicted octanol–water partition coefficient (Wildman–Crippen LogP) is 3.24. The first kappa shape index (κ1) is 17.9. The van der Waals surface area contributed by atoms with E-state index in [9.17, 15) is 18.0 Å². The van der Waals surface area contributed by atoms with Crippen LogP contribution in [0.25, 0.3) is 0 Å². The van der Waals surface area contributed by atoms with E-state index in [-0.39, 0.29) is 13.2 Å². The number of rotatable bonds is 3. The molecule has 0 bridgehead atoms. The van der Waals surface area contributed by atoms with Crippen molar-refractivity contribution in [2.75, 3.05) is 19.7 Å². The number of benzene rings is 1. The molecule has 1 heterocycles. The molecule has 1 aromatic rings. The number of halogens is 4. The number of carbonyl (C=O) groups is 1. The van der Waals surface area contributed by atoms with Crippen LogP contribution in [0.15, 0.2) is 24.3 Å². The average molecular weight is 351 g/mol. The maximum absolute atomic E-state index is 12.8. The second-order valence-electron chi connectivity index (χ2n) is 5.34. The topological polar surface area (TPSA) is 41.6 Å². The maximum atomic E-state index is 12.8. The van der Waals surface area contributed by atoms with Gasteiger partial charge in [-0.25, -0.2) is 4.79 Å². The third-order valence-electron chi connectivity index (χ3n) is 3.77. The van der Waals surface area contributed by atoms with Crippen LogP contribution in [-0.2, 0) is 11.2 Å². The molecule has 1 N–H and O–H groups in total. The van der Waals surface area contributed by atoms with Gasteiger partial charge in [0.1, 0.15) is 0 Å². The number of ether oxygens (including phenoxy) is 1. The molecule has 128 valence electrons. The minimum Gasteiger partial charge on any atom is -0.365 e. The van der Waals surface area contributed by atoms with Crippen LogP contribution >= 0.6 is 11.6 Å². The van der Waals surface area contributed by atoms with Crippen molar-refractivity contribution < 1.29 is 22.7 Å². The minimum atomic E-state index is -4.49. The summed E-state index contributed by atoms with van der Waals surface area (Å²) in [6.45, 7) is 1.63. The fraction of sp³-hybridized carbons (Fsp3) is 0.533. The Balaban J connectivity index is 1.89. The molecule has 1 aromatic carbocycles. The molecule has 0 aromatic heterocycles. The van der Waals surface area contributed by atoms with E-state index in [0.29, 0.717) is 18.0 Å². The van der Waals surface area contributed by atoms with E-state index in [4.69, 9.17) is 16.3 Å². The summed E-state index contributed by atoms with van der Waals surface area (Å²) in [4.78, 5) is 13.3. The molecular weight excluding hydrogens is 333 g/mol. The third kappa shape index (κ3) is 4.51. The molecule has 4 nitrogen and oxygen atoms in total. The molecule has 2 unspecified atom stereocenters. The number of alkyl halides is 3. The van der Waals surface area contributed by atoms with Crippen molar-refractivity contribution in [3.63, 3.8) is 0 Å². The predicted molar refractivity (Wildman–Crippen MR) is 80.5 cm³/mol. The van der Waals surface area contributed by atoms with Gasteiger partial charge in [-0.3, -0.25) is 0 Å². The zero-order chi connectivity index (χ0) is 17.0. The van der Waals surface area contributed by atoms with Crippen molar-refractivity contribution in [2.45, 2.75) is 31.7 Å². The summed E-state index contributed by atoms with van der Waals surface area (Å²) in [5.41, 5.74) is 0.873. The highest BCUT2D eigenvalue weighted by atomic mass is 35.5. The van der Waals surface area contributed by atoms with E-state index in [1.54, 1.807) is 12.1 Å². The Morgan fingerprint density at radius 3 is 2.78 bits per heavy atom. The van der Waals surface area contributed by atoms with Crippen molar-refractivity contribution in [1.82, 2.24) is 10.2 Å². The Labute approximate surface area is 137 Å². The Kier molecular flexibility index (Phi) is 5.75. The van der Waals surface area contributed by atoms with Crippen LogP contribution in [0, 0.1) is 0 Å². The van der Waals surface area contributed by atoms with Crippen LogP contribution in [0.5, 0.6) is 0 Å². The normalized spacial score (nSPS) is 22.0. The smallest absolute Gasteiger partial charge is 0.365 e. The van der Waals surface area contributed by atoms with Crippen LogP contribution in [0.4, 0.5) is 18.0 Å². The highest BCUT2D eigenvalue weighted by molar-refractivity contribution is 6.31. The van der Waals surface area contributed by atoms with Crippen LogP contribution in [0.2, 0.25) is 5.02 Å². The molecule has 0 radical (unpaired) electrons. The van der Waals surface area contributed by atoms with Gasteiger partial charge in [-0.15, -0.1) is 0 Å². The zero-order valence-corrected chi connectivity index (χ0v) is 13.3. The zero-order valence-electron chi connectivity index (χ0n) is 12.6. The van der Waals surface area contributed by atoms with Crippen LogP contribution in [0.3, 0.4) is 0 Å². The summed E-state index contributed by atoms with van der Waals surface area (Å²) in [7, 11) is 0. The largest absolute Gasteiger partial charge is 0.416 e. The van der Waals surface area contributed by atoms with Gasteiger partial charge in [0.15, 0.2) is 6.10 Å². The van der Waals surface area contributed by atoms with Gasteiger partial charge < -0.3 is 15.0 Å². The van der Waals surface area contributed by atoms with Gasteiger partial charge in [-0.1, -0.05) is 29.8 Å². The number of nitrogens with one attached hydrogen (secondary N) is 1. The molecular formula is C15H18ClF3N2O2. The third-order valence-corrected chi connectivity index (χ3v) is 4.14. The monoisotopic (exact) mass is 350 g/mol. The first-order valence-corrected chi connectivity index (χ1v) is 7.64. The summed E-state index contributed by atoms with van der Waals surface area (Å²) in [6, 6.07) is 5.63. The first-order valence-electron chi connectivity index (χ1n) is 7.27. The Morgan fingerprint density at radius 2 is 2.13 bits per heavy atom. The molecule has 0 spiro atoms. The average Bonchev–Trinajstić information content (AvgIpc) is 2.48. The van der Waals surface area contributed by atoms with E-state index >= 15 is 0 Å². The second-order valence-corrected chi connectivity index (χ2v) is 5.75. The number of carbonyl (C=O) groups excluding carboxylic acids is 1. The van der Waals surface area contributed by atoms with E-state index < -0.39 is 24.4 Å². The molecule has 1 saturated heterocycles. The standard InChI is InChI=1S/C15H18ClF3N2O2/c1-10-13(15(17,18)19)23-9-8-21(10)14(22)20-7-6-11-4-2-3-5-12(11)16/h2-5,10,13H,6-9H2,1H3,(H,20,22). The molecule has 2 atom stereocenters. The summed E-state index contributed by atoms with van der Waals surface area (Å²) < 4.78 is 43.3. The molecule has 2 rings (SSSR count). The number of morpholine rings is 1. The lowest BCUT2D eigenvalue weighted by Crippen LogP contribution is -2.59. The van der Waals surface area contributed by atoms with Crippen molar-refractivity contribution in [2.24, 2.45) is 0 Å². The van der Waals surface area contributed by atoms with Crippen molar-refractivity contribution in [3.05, 3.63) is 34.9 Å². The molecule has 1 fully saturated rings. The van der Waals surface area contributed by atoms with E-state index in [1.165, 1.54) is 6.92 Å². The van der Waals surface area contributed by atoms with Gasteiger partial charge >= 0.3 is 12.2 Å². The van der Waals surface area contributed by atoms with Crippen molar-refractivity contribution >= 4 is 17.6 Å². The number of hydrogen-bond donors (Lipinski definition) is 1. The summed E-state index contributed by atoms with van der Waals surface area (Å²) >= 11 is 6.02. The fourth-order valence-electron chi connectivity index (χ4n) is 2.55. The Bertz CT molecular complexity index is 554. The van der Waals surface area contributed by atoms with E-state index in [0.717, 1.165) is 10.5 Å². The molecule has 0 saturated carbocycles. The SMILES string of the molecule is CC1C(C(F)(F)F)OCCN1C(=O)NCCc1ccccc1Cl. The van der Waals surface area contributed by atoms with Crippen molar-refractivity contribution in [3.8, 4) is 0 Å².